The standard InChI is InChI=1S/C15H11BrN2OS/c1-10(19)18-13-3-5-14(6-4-13)20-15-7-2-12(16)8-11(15)9-17/h2-8H,1H3,(H,18,19). The summed E-state index contributed by atoms with van der Waals surface area (Å²) in [6, 6.07) is 15.3. The van der Waals surface area contributed by atoms with Crippen molar-refractivity contribution in [1.29, 1.82) is 5.26 Å². The highest BCUT2D eigenvalue weighted by molar-refractivity contribution is 9.10. The molecule has 2 rings (SSSR count). The van der Waals surface area contributed by atoms with Crippen LogP contribution >= 0.6 is 27.7 Å². The van der Waals surface area contributed by atoms with Gasteiger partial charge in [0, 0.05) is 26.9 Å². The highest BCUT2D eigenvalue weighted by Crippen LogP contribution is 2.32. The average molecular weight is 347 g/mol. The van der Waals surface area contributed by atoms with Crippen LogP contribution in [0.25, 0.3) is 0 Å². The molecule has 0 aliphatic carbocycles. The molecule has 0 fully saturated rings. The summed E-state index contributed by atoms with van der Waals surface area (Å²) >= 11 is 4.87. The number of carbonyl (C=O) groups excluding carboxylic acids is 1. The SMILES string of the molecule is CC(=O)Nc1ccc(Sc2ccc(Br)cc2C#N)cc1. The van der Waals surface area contributed by atoms with E-state index in [9.17, 15) is 4.79 Å². The second-order valence-corrected chi connectivity index (χ2v) is 6.09. The third-order valence-corrected chi connectivity index (χ3v) is 4.04. The maximum atomic E-state index is 10.9. The first-order chi connectivity index (χ1) is 9.58. The van der Waals surface area contributed by atoms with Gasteiger partial charge in [-0.2, -0.15) is 5.26 Å². The number of rotatable bonds is 3. The van der Waals surface area contributed by atoms with E-state index in [1.165, 1.54) is 18.7 Å². The van der Waals surface area contributed by atoms with E-state index in [0.717, 1.165) is 20.0 Å². The van der Waals surface area contributed by atoms with Crippen LogP contribution in [-0.2, 0) is 4.79 Å². The molecule has 0 saturated carbocycles. The first kappa shape index (κ1) is 14.6. The van der Waals surface area contributed by atoms with Gasteiger partial charge in [-0.05, 0) is 42.5 Å². The summed E-state index contributed by atoms with van der Waals surface area (Å²) in [6.07, 6.45) is 0. The molecule has 0 aromatic heterocycles. The zero-order valence-electron chi connectivity index (χ0n) is 10.7. The lowest BCUT2D eigenvalue weighted by molar-refractivity contribution is -0.114. The van der Waals surface area contributed by atoms with Crippen molar-refractivity contribution in [2.75, 3.05) is 5.32 Å². The molecule has 2 aromatic rings. The van der Waals surface area contributed by atoms with Crippen LogP contribution < -0.4 is 5.32 Å². The summed E-state index contributed by atoms with van der Waals surface area (Å²) in [6.45, 7) is 1.48. The van der Waals surface area contributed by atoms with E-state index < -0.39 is 0 Å². The molecule has 0 atom stereocenters. The number of hydrogen-bond donors (Lipinski definition) is 1. The summed E-state index contributed by atoms with van der Waals surface area (Å²) in [4.78, 5) is 12.9. The Balaban J connectivity index is 2.18. The Morgan fingerprint density at radius 3 is 2.55 bits per heavy atom. The molecule has 0 spiro atoms. The Hall–Kier alpha value is -1.77. The van der Waals surface area contributed by atoms with Gasteiger partial charge in [0.15, 0.2) is 0 Å². The van der Waals surface area contributed by atoms with Gasteiger partial charge < -0.3 is 5.32 Å². The second-order valence-electron chi connectivity index (χ2n) is 4.06. The number of nitrogens with one attached hydrogen (secondary N) is 1. The minimum Gasteiger partial charge on any atom is -0.326 e. The summed E-state index contributed by atoms with van der Waals surface area (Å²) in [5, 5.41) is 11.9. The Morgan fingerprint density at radius 2 is 1.95 bits per heavy atom. The maximum absolute atomic E-state index is 10.9. The molecule has 5 heteroatoms. The molecular weight excluding hydrogens is 336 g/mol. The van der Waals surface area contributed by atoms with Crippen LogP contribution in [0.5, 0.6) is 0 Å². The van der Waals surface area contributed by atoms with Gasteiger partial charge >= 0.3 is 0 Å². The molecule has 0 aliphatic heterocycles. The van der Waals surface area contributed by atoms with E-state index in [0.29, 0.717) is 5.56 Å². The van der Waals surface area contributed by atoms with E-state index >= 15 is 0 Å². The normalized spacial score (nSPS) is 9.85. The van der Waals surface area contributed by atoms with E-state index in [1.54, 1.807) is 6.07 Å². The Labute approximate surface area is 130 Å². The van der Waals surface area contributed by atoms with Crippen molar-refractivity contribution < 1.29 is 4.79 Å². The first-order valence-electron chi connectivity index (χ1n) is 5.83. The molecule has 0 heterocycles. The summed E-state index contributed by atoms with van der Waals surface area (Å²) < 4.78 is 0.888. The fourth-order valence-corrected chi connectivity index (χ4v) is 2.85. The van der Waals surface area contributed by atoms with Crippen LogP contribution in [0.3, 0.4) is 0 Å². The van der Waals surface area contributed by atoms with Gasteiger partial charge in [0.25, 0.3) is 0 Å². The quantitative estimate of drug-likeness (QED) is 0.894. The number of nitrogens with zero attached hydrogens (tertiary/aromatic N) is 1. The molecular formula is C15H11BrN2OS. The van der Waals surface area contributed by atoms with Crippen LogP contribution in [0, 0.1) is 11.3 Å². The fourth-order valence-electron chi connectivity index (χ4n) is 1.62. The molecule has 100 valence electrons. The molecule has 0 aliphatic rings. The Kier molecular flexibility index (Phi) is 4.83. The summed E-state index contributed by atoms with van der Waals surface area (Å²) in [5.41, 5.74) is 1.40. The van der Waals surface area contributed by atoms with Gasteiger partial charge in [-0.25, -0.2) is 0 Å². The number of amides is 1. The van der Waals surface area contributed by atoms with E-state index in [-0.39, 0.29) is 5.91 Å². The number of anilines is 1. The minimum absolute atomic E-state index is 0.0925. The molecule has 20 heavy (non-hydrogen) atoms. The number of benzene rings is 2. The lowest BCUT2D eigenvalue weighted by atomic mass is 10.2. The van der Waals surface area contributed by atoms with E-state index in [2.05, 4.69) is 27.3 Å². The minimum atomic E-state index is -0.0925. The highest BCUT2D eigenvalue weighted by atomic mass is 79.9. The van der Waals surface area contributed by atoms with Gasteiger partial charge in [0.05, 0.1) is 5.56 Å². The van der Waals surface area contributed by atoms with Crippen molar-refractivity contribution in [3.8, 4) is 6.07 Å². The smallest absolute Gasteiger partial charge is 0.221 e. The fraction of sp³-hybridized carbons (Fsp3) is 0.0667. The highest BCUT2D eigenvalue weighted by Gasteiger charge is 2.05. The molecule has 2 aromatic carbocycles. The largest absolute Gasteiger partial charge is 0.326 e. The molecule has 1 amide bonds. The third-order valence-electron chi connectivity index (χ3n) is 2.46. The van der Waals surface area contributed by atoms with Crippen molar-refractivity contribution >= 4 is 39.3 Å². The average Bonchev–Trinajstić information content (AvgIpc) is 2.42. The molecule has 0 saturated heterocycles. The van der Waals surface area contributed by atoms with Crippen molar-refractivity contribution in [3.05, 3.63) is 52.5 Å². The van der Waals surface area contributed by atoms with Crippen molar-refractivity contribution in [3.63, 3.8) is 0 Å². The monoisotopic (exact) mass is 346 g/mol. The zero-order valence-corrected chi connectivity index (χ0v) is 13.1. The van der Waals surface area contributed by atoms with E-state index in [4.69, 9.17) is 5.26 Å². The van der Waals surface area contributed by atoms with Gasteiger partial charge in [-0.1, -0.05) is 27.7 Å². The maximum Gasteiger partial charge on any atom is 0.221 e. The van der Waals surface area contributed by atoms with Crippen LogP contribution in [-0.4, -0.2) is 5.91 Å². The Morgan fingerprint density at radius 1 is 1.25 bits per heavy atom. The van der Waals surface area contributed by atoms with Crippen LogP contribution in [0.4, 0.5) is 5.69 Å². The molecule has 0 radical (unpaired) electrons. The van der Waals surface area contributed by atoms with Gasteiger partial charge in [-0.15, -0.1) is 0 Å². The van der Waals surface area contributed by atoms with Crippen molar-refractivity contribution in [2.24, 2.45) is 0 Å². The van der Waals surface area contributed by atoms with Crippen LogP contribution in [0.15, 0.2) is 56.7 Å². The van der Waals surface area contributed by atoms with Crippen LogP contribution in [0.2, 0.25) is 0 Å². The zero-order chi connectivity index (χ0) is 14.5. The third kappa shape index (κ3) is 3.86. The number of hydrogen-bond acceptors (Lipinski definition) is 3. The first-order valence-corrected chi connectivity index (χ1v) is 7.44. The topological polar surface area (TPSA) is 52.9 Å². The second kappa shape index (κ2) is 6.60. The van der Waals surface area contributed by atoms with Crippen LogP contribution in [0.1, 0.15) is 12.5 Å². The van der Waals surface area contributed by atoms with E-state index in [1.807, 2.05) is 36.4 Å². The predicted molar refractivity (Wildman–Crippen MR) is 83.7 cm³/mol. The predicted octanol–water partition coefficient (Wildman–Crippen LogP) is 4.43. The van der Waals surface area contributed by atoms with Gasteiger partial charge in [-0.3, -0.25) is 4.79 Å². The summed E-state index contributed by atoms with van der Waals surface area (Å²) in [7, 11) is 0. The molecule has 0 unspecified atom stereocenters. The molecule has 3 nitrogen and oxygen atoms in total. The number of carbonyl (C=O) groups is 1. The molecule has 1 N–H and O–H groups in total. The summed E-state index contributed by atoms with van der Waals surface area (Å²) in [5.74, 6) is -0.0925. The Bertz CT molecular complexity index is 677. The van der Waals surface area contributed by atoms with Crippen molar-refractivity contribution in [2.45, 2.75) is 16.7 Å². The lowest BCUT2D eigenvalue weighted by Gasteiger charge is -2.06. The van der Waals surface area contributed by atoms with Crippen molar-refractivity contribution in [1.82, 2.24) is 0 Å². The number of halogens is 1. The number of nitriles is 1. The molecule has 0 bridgehead atoms. The van der Waals surface area contributed by atoms with Gasteiger partial charge in [0.2, 0.25) is 5.91 Å². The lowest BCUT2D eigenvalue weighted by Crippen LogP contribution is -2.05. The van der Waals surface area contributed by atoms with Gasteiger partial charge in [0.1, 0.15) is 6.07 Å².